The summed E-state index contributed by atoms with van der Waals surface area (Å²) in [7, 11) is 1.60. The molecule has 1 unspecified atom stereocenters. The van der Waals surface area contributed by atoms with E-state index in [1.54, 1.807) is 25.6 Å². The van der Waals surface area contributed by atoms with E-state index < -0.39 is 6.10 Å². The molecular weight excluding hydrogens is 372 g/mol. The molecule has 0 aliphatic carbocycles. The van der Waals surface area contributed by atoms with Crippen LogP contribution in [-0.4, -0.2) is 77.9 Å². The van der Waals surface area contributed by atoms with Gasteiger partial charge in [-0.05, 0) is 42.0 Å². The van der Waals surface area contributed by atoms with Gasteiger partial charge in [-0.15, -0.1) is 0 Å². The van der Waals surface area contributed by atoms with Crippen LogP contribution in [0.3, 0.4) is 0 Å². The summed E-state index contributed by atoms with van der Waals surface area (Å²) in [5, 5.41) is 29.4. The Labute approximate surface area is 171 Å². The molecule has 2 heterocycles. The van der Waals surface area contributed by atoms with Gasteiger partial charge in [0, 0.05) is 56.9 Å². The monoisotopic (exact) mass is 402 g/mol. The van der Waals surface area contributed by atoms with Gasteiger partial charge in [0.2, 0.25) is 0 Å². The molecule has 1 saturated heterocycles. The first kappa shape index (κ1) is 21.5. The summed E-state index contributed by atoms with van der Waals surface area (Å²) in [6.07, 6.45) is 3.64. The number of ether oxygens (including phenoxy) is 2. The van der Waals surface area contributed by atoms with Gasteiger partial charge in [-0.1, -0.05) is 6.07 Å². The summed E-state index contributed by atoms with van der Waals surface area (Å²) in [5.74, 6) is 1.55. The van der Waals surface area contributed by atoms with Gasteiger partial charge in [-0.25, -0.2) is 0 Å². The Bertz CT molecular complexity index is 746. The highest BCUT2D eigenvalue weighted by molar-refractivity contribution is 5.66. The van der Waals surface area contributed by atoms with Gasteiger partial charge >= 0.3 is 0 Å². The lowest BCUT2D eigenvalue weighted by molar-refractivity contribution is 0.0154. The van der Waals surface area contributed by atoms with Crippen molar-refractivity contribution in [2.24, 2.45) is 11.8 Å². The first-order valence-electron chi connectivity index (χ1n) is 9.95. The summed E-state index contributed by atoms with van der Waals surface area (Å²) in [5.41, 5.74) is 1.88. The third-order valence-electron chi connectivity index (χ3n) is 5.24. The first-order chi connectivity index (χ1) is 14.1. The molecule has 1 aliphatic rings. The van der Waals surface area contributed by atoms with E-state index in [0.29, 0.717) is 31.1 Å². The van der Waals surface area contributed by atoms with Crippen molar-refractivity contribution in [2.75, 3.05) is 46.6 Å². The molecule has 3 rings (SSSR count). The largest absolute Gasteiger partial charge is 0.497 e. The fourth-order valence-electron chi connectivity index (χ4n) is 3.86. The number of hydrogen-bond acceptors (Lipinski definition) is 7. The normalized spacial score (nSPS) is 21.0. The Balaban J connectivity index is 1.60. The van der Waals surface area contributed by atoms with Gasteiger partial charge in [0.05, 0.1) is 7.11 Å². The van der Waals surface area contributed by atoms with Crippen molar-refractivity contribution in [3.8, 4) is 22.6 Å². The number of likely N-dealkylation sites (tertiary alicyclic amines) is 1. The first-order valence-corrected chi connectivity index (χ1v) is 9.95. The van der Waals surface area contributed by atoms with E-state index in [0.717, 1.165) is 17.5 Å². The highest BCUT2D eigenvalue weighted by Gasteiger charge is 2.27. The summed E-state index contributed by atoms with van der Waals surface area (Å²) in [6.45, 7) is 2.21. The average molecular weight is 402 g/mol. The molecule has 158 valence electrons. The van der Waals surface area contributed by atoms with Crippen LogP contribution >= 0.6 is 0 Å². The van der Waals surface area contributed by atoms with Crippen LogP contribution in [0.15, 0.2) is 42.7 Å². The minimum atomic E-state index is -0.681. The number of hydrogen-bond donors (Lipinski definition) is 3. The number of methoxy groups -OCH3 is 1. The van der Waals surface area contributed by atoms with Crippen LogP contribution in [-0.2, 0) is 0 Å². The number of rotatable bonds is 9. The number of nitrogens with zero attached hydrogens (tertiary/aromatic N) is 2. The van der Waals surface area contributed by atoms with Gasteiger partial charge in [0.25, 0.3) is 0 Å². The Kier molecular flexibility index (Phi) is 7.83. The Morgan fingerprint density at radius 1 is 1.10 bits per heavy atom. The Morgan fingerprint density at radius 3 is 2.45 bits per heavy atom. The quantitative estimate of drug-likeness (QED) is 0.584. The number of benzene rings is 1. The van der Waals surface area contributed by atoms with Gasteiger partial charge in [0.1, 0.15) is 24.2 Å². The molecule has 1 aliphatic heterocycles. The van der Waals surface area contributed by atoms with Crippen LogP contribution in [0, 0.1) is 11.8 Å². The molecule has 0 saturated carbocycles. The van der Waals surface area contributed by atoms with E-state index in [1.807, 2.05) is 24.3 Å². The summed E-state index contributed by atoms with van der Waals surface area (Å²) in [4.78, 5) is 6.24. The van der Waals surface area contributed by atoms with E-state index in [4.69, 9.17) is 9.47 Å². The Morgan fingerprint density at radius 2 is 1.83 bits per heavy atom. The second-order valence-corrected chi connectivity index (χ2v) is 7.66. The molecule has 1 aromatic carbocycles. The van der Waals surface area contributed by atoms with Crippen molar-refractivity contribution in [1.29, 1.82) is 0 Å². The number of β-amino-alcohol motifs (C(OH)–C–C–N with tert-alkyl or cyclic N) is 1. The van der Waals surface area contributed by atoms with Crippen LogP contribution in [0.2, 0.25) is 0 Å². The Hall–Kier alpha value is -2.19. The number of piperidine rings is 1. The minimum Gasteiger partial charge on any atom is -0.497 e. The smallest absolute Gasteiger partial charge is 0.123 e. The molecule has 7 heteroatoms. The SMILES string of the molecule is COc1cc(OCC(O)CN2C[C@H](CO)C[C@H](CO)C2)cc(-c2cccnc2)c1. The van der Waals surface area contributed by atoms with E-state index in [2.05, 4.69) is 9.88 Å². The van der Waals surface area contributed by atoms with Crippen molar-refractivity contribution in [3.05, 3.63) is 42.7 Å². The van der Waals surface area contributed by atoms with Crippen LogP contribution in [0.5, 0.6) is 11.5 Å². The van der Waals surface area contributed by atoms with Crippen LogP contribution in [0.1, 0.15) is 6.42 Å². The maximum Gasteiger partial charge on any atom is 0.123 e. The predicted molar refractivity (Wildman–Crippen MR) is 110 cm³/mol. The lowest BCUT2D eigenvalue weighted by Gasteiger charge is -2.37. The van der Waals surface area contributed by atoms with Crippen molar-refractivity contribution < 1.29 is 24.8 Å². The van der Waals surface area contributed by atoms with Crippen molar-refractivity contribution in [3.63, 3.8) is 0 Å². The standard InChI is InChI=1S/C22H30N2O5/c1-28-21-6-19(18-3-2-4-23-9-18)7-22(8-21)29-15-20(27)12-24-10-16(13-25)5-17(11-24)14-26/h2-4,6-9,16-17,20,25-27H,5,10-15H2,1H3/t16-,17+,20?. The van der Waals surface area contributed by atoms with Crippen molar-refractivity contribution >= 4 is 0 Å². The van der Waals surface area contributed by atoms with Crippen LogP contribution in [0.4, 0.5) is 0 Å². The lowest BCUT2D eigenvalue weighted by Crippen LogP contribution is -2.46. The molecular formula is C22H30N2O5. The maximum atomic E-state index is 10.5. The number of aliphatic hydroxyl groups is 3. The second-order valence-electron chi connectivity index (χ2n) is 7.66. The molecule has 29 heavy (non-hydrogen) atoms. The average Bonchev–Trinajstić information content (AvgIpc) is 2.77. The van der Waals surface area contributed by atoms with Gasteiger partial charge in [-0.2, -0.15) is 0 Å². The topological polar surface area (TPSA) is 95.3 Å². The van der Waals surface area contributed by atoms with Crippen molar-refractivity contribution in [2.45, 2.75) is 12.5 Å². The number of pyridine rings is 1. The molecule has 0 amide bonds. The van der Waals surface area contributed by atoms with Crippen molar-refractivity contribution in [1.82, 2.24) is 9.88 Å². The molecule has 0 spiro atoms. The van der Waals surface area contributed by atoms with E-state index >= 15 is 0 Å². The molecule has 0 bridgehead atoms. The second kappa shape index (κ2) is 10.5. The molecule has 1 aromatic heterocycles. The fraction of sp³-hybridized carbons (Fsp3) is 0.500. The van der Waals surface area contributed by atoms with E-state index in [9.17, 15) is 15.3 Å². The van der Waals surface area contributed by atoms with Crippen LogP contribution in [0.25, 0.3) is 11.1 Å². The molecule has 7 nitrogen and oxygen atoms in total. The molecule has 3 N–H and O–H groups in total. The number of aliphatic hydroxyl groups excluding tert-OH is 3. The zero-order valence-corrected chi connectivity index (χ0v) is 16.8. The highest BCUT2D eigenvalue weighted by Crippen LogP contribution is 2.29. The van der Waals surface area contributed by atoms with E-state index in [-0.39, 0.29) is 31.7 Å². The van der Waals surface area contributed by atoms with Gasteiger partial charge in [0.15, 0.2) is 0 Å². The third-order valence-corrected chi connectivity index (χ3v) is 5.24. The predicted octanol–water partition coefficient (Wildman–Crippen LogP) is 1.42. The number of aromatic nitrogens is 1. The lowest BCUT2D eigenvalue weighted by atomic mass is 9.90. The third kappa shape index (κ3) is 6.14. The summed E-state index contributed by atoms with van der Waals surface area (Å²) in [6, 6.07) is 9.44. The fourth-order valence-corrected chi connectivity index (χ4v) is 3.86. The zero-order valence-electron chi connectivity index (χ0n) is 16.8. The van der Waals surface area contributed by atoms with Gasteiger partial charge in [-0.3, -0.25) is 9.88 Å². The summed E-state index contributed by atoms with van der Waals surface area (Å²) < 4.78 is 11.2. The van der Waals surface area contributed by atoms with Gasteiger partial charge < -0.3 is 24.8 Å². The molecule has 0 radical (unpaired) electrons. The van der Waals surface area contributed by atoms with Crippen LogP contribution < -0.4 is 9.47 Å². The summed E-state index contributed by atoms with van der Waals surface area (Å²) >= 11 is 0. The van der Waals surface area contributed by atoms with E-state index in [1.165, 1.54) is 0 Å². The zero-order chi connectivity index (χ0) is 20.6. The highest BCUT2D eigenvalue weighted by atomic mass is 16.5. The molecule has 1 fully saturated rings. The molecule has 3 atom stereocenters. The minimum absolute atomic E-state index is 0.0977. The molecule has 2 aromatic rings. The maximum absolute atomic E-state index is 10.5.